The molecule has 1 N–H and O–H groups in total. The zero-order valence-electron chi connectivity index (χ0n) is 16.9. The van der Waals surface area contributed by atoms with Crippen LogP contribution in [0.1, 0.15) is 42.0 Å². The van der Waals surface area contributed by atoms with Gasteiger partial charge in [-0.05, 0) is 18.6 Å². The van der Waals surface area contributed by atoms with E-state index in [1.807, 2.05) is 6.07 Å². The molecule has 146 valence electrons. The summed E-state index contributed by atoms with van der Waals surface area (Å²) >= 11 is 0. The Hall–Kier alpha value is -2.53. The molecule has 5 heteroatoms. The Morgan fingerprint density at radius 3 is 2.61 bits per heavy atom. The first-order chi connectivity index (χ1) is 13.6. The normalized spacial score (nSPS) is 28.4. The first-order valence-corrected chi connectivity index (χ1v) is 10.2. The molecular formula is C23H28N3O2+. The van der Waals surface area contributed by atoms with E-state index in [4.69, 9.17) is 14.6 Å². The minimum atomic E-state index is -0.377. The first kappa shape index (κ1) is 17.6. The number of methoxy groups -OCH3 is 1. The van der Waals surface area contributed by atoms with Crippen LogP contribution >= 0.6 is 0 Å². The Morgan fingerprint density at radius 1 is 1.14 bits per heavy atom. The van der Waals surface area contributed by atoms with E-state index in [0.717, 1.165) is 49.6 Å². The van der Waals surface area contributed by atoms with Gasteiger partial charge < -0.3 is 14.4 Å². The number of likely N-dealkylation sites (tertiary alicyclic amines) is 1. The second-order valence-corrected chi connectivity index (χ2v) is 8.36. The van der Waals surface area contributed by atoms with Gasteiger partial charge in [0.1, 0.15) is 0 Å². The molecule has 2 aromatic rings. The van der Waals surface area contributed by atoms with Crippen LogP contribution in [0.3, 0.4) is 0 Å². The molecule has 0 bridgehead atoms. The number of nitrogens with zero attached hydrogens (tertiary/aromatic N) is 2. The summed E-state index contributed by atoms with van der Waals surface area (Å²) in [4.78, 5) is 1.55. The van der Waals surface area contributed by atoms with E-state index in [1.54, 1.807) is 12.0 Å². The van der Waals surface area contributed by atoms with Crippen LogP contribution in [0.2, 0.25) is 0 Å². The van der Waals surface area contributed by atoms with Gasteiger partial charge in [0.15, 0.2) is 11.5 Å². The van der Waals surface area contributed by atoms with E-state index >= 15 is 0 Å². The zero-order chi connectivity index (χ0) is 19.3. The summed E-state index contributed by atoms with van der Waals surface area (Å²) in [6, 6.07) is 15.1. The summed E-state index contributed by atoms with van der Waals surface area (Å²) in [5.74, 6) is 1.73. The Labute approximate surface area is 166 Å². The summed E-state index contributed by atoms with van der Waals surface area (Å²) in [5.41, 5.74) is 4.43. The number of nitrogens with one attached hydrogen (secondary N) is 1. The van der Waals surface area contributed by atoms with Gasteiger partial charge in [0.05, 0.1) is 51.8 Å². The number of hydrogen-bond acceptors (Lipinski definition) is 4. The molecule has 3 aliphatic rings. The molecule has 0 aliphatic carbocycles. The van der Waals surface area contributed by atoms with E-state index in [1.165, 1.54) is 16.7 Å². The predicted molar refractivity (Wildman–Crippen MR) is 109 cm³/mol. The number of ether oxygens (including phenoxy) is 2. The molecule has 3 aliphatic heterocycles. The van der Waals surface area contributed by atoms with E-state index in [2.05, 4.69) is 55.4 Å². The van der Waals surface area contributed by atoms with Crippen molar-refractivity contribution in [3.05, 3.63) is 59.2 Å². The molecule has 0 aromatic heterocycles. The molecular weight excluding hydrogens is 350 g/mol. The lowest BCUT2D eigenvalue weighted by Gasteiger charge is -2.49. The second-order valence-electron chi connectivity index (χ2n) is 8.36. The van der Waals surface area contributed by atoms with Gasteiger partial charge in [-0.1, -0.05) is 42.0 Å². The van der Waals surface area contributed by atoms with Gasteiger partial charge in [-0.2, -0.15) is 5.10 Å². The third kappa shape index (κ3) is 2.68. The number of quaternary nitrogens is 1. The smallest absolute Gasteiger partial charge is 0.209 e. The fraction of sp³-hybridized carbons (Fsp3) is 0.435. The van der Waals surface area contributed by atoms with E-state index < -0.39 is 0 Å². The molecule has 1 spiro atoms. The summed E-state index contributed by atoms with van der Waals surface area (Å²) in [7, 11) is 3.98. The van der Waals surface area contributed by atoms with Crippen LogP contribution in [0, 0.1) is 6.92 Å². The lowest BCUT2D eigenvalue weighted by molar-refractivity contribution is -0.888. The Kier molecular flexibility index (Phi) is 4.09. The van der Waals surface area contributed by atoms with Crippen LogP contribution in [-0.2, 0) is 0 Å². The summed E-state index contributed by atoms with van der Waals surface area (Å²) in [5, 5.41) is 7.42. The highest BCUT2D eigenvalue weighted by Crippen LogP contribution is 2.52. The number of piperidine rings is 1. The number of hydrogen-bond donors (Lipinski definition) is 1. The Balaban J connectivity index is 1.60. The standard InChI is InChI=1S/C23H27N3O2/c1-16-7-9-17(10-8-16)19-15-20-18-5-4-6-21(27-3)22(18)28-23(26(20)24-19)11-13-25(2)14-12-23/h4-10,20H,11-15H2,1-3H3/p+1/t20-/m0/s1. The van der Waals surface area contributed by atoms with Crippen molar-refractivity contribution in [3.8, 4) is 11.5 Å². The predicted octanol–water partition coefficient (Wildman–Crippen LogP) is 2.55. The van der Waals surface area contributed by atoms with Crippen LogP contribution in [0.15, 0.2) is 47.6 Å². The molecule has 5 rings (SSSR count). The van der Waals surface area contributed by atoms with E-state index in [0.29, 0.717) is 0 Å². The van der Waals surface area contributed by atoms with Crippen LogP contribution < -0.4 is 14.4 Å². The first-order valence-electron chi connectivity index (χ1n) is 10.2. The molecule has 0 amide bonds. The van der Waals surface area contributed by atoms with Crippen LogP contribution in [-0.4, -0.2) is 43.7 Å². The van der Waals surface area contributed by atoms with Crippen molar-refractivity contribution in [3.63, 3.8) is 0 Å². The fourth-order valence-corrected chi connectivity index (χ4v) is 4.75. The van der Waals surface area contributed by atoms with Gasteiger partial charge in [0.2, 0.25) is 5.72 Å². The largest absolute Gasteiger partial charge is 0.493 e. The molecule has 0 unspecified atom stereocenters. The molecule has 3 heterocycles. The van der Waals surface area contributed by atoms with Crippen molar-refractivity contribution in [2.75, 3.05) is 27.2 Å². The number of benzene rings is 2. The highest BCUT2D eigenvalue weighted by atomic mass is 16.5. The molecule has 1 atom stereocenters. The van der Waals surface area contributed by atoms with Gasteiger partial charge in [0.25, 0.3) is 0 Å². The summed E-state index contributed by atoms with van der Waals surface area (Å²) in [6.45, 7) is 4.29. The minimum Gasteiger partial charge on any atom is -0.493 e. The van der Waals surface area contributed by atoms with Crippen molar-refractivity contribution < 1.29 is 14.4 Å². The zero-order valence-corrected chi connectivity index (χ0v) is 16.9. The molecule has 2 aromatic carbocycles. The maximum absolute atomic E-state index is 6.73. The molecule has 0 radical (unpaired) electrons. The van der Waals surface area contributed by atoms with Crippen molar-refractivity contribution in [1.29, 1.82) is 0 Å². The van der Waals surface area contributed by atoms with E-state index in [9.17, 15) is 0 Å². The van der Waals surface area contributed by atoms with Crippen LogP contribution in [0.4, 0.5) is 0 Å². The topological polar surface area (TPSA) is 38.5 Å². The molecule has 1 fully saturated rings. The van der Waals surface area contributed by atoms with Crippen molar-refractivity contribution >= 4 is 5.71 Å². The molecule has 5 nitrogen and oxygen atoms in total. The number of fused-ring (bicyclic) bond motifs is 4. The Morgan fingerprint density at radius 2 is 1.89 bits per heavy atom. The van der Waals surface area contributed by atoms with Gasteiger partial charge in [-0.15, -0.1) is 0 Å². The molecule has 28 heavy (non-hydrogen) atoms. The van der Waals surface area contributed by atoms with Gasteiger partial charge in [0, 0.05) is 12.0 Å². The van der Waals surface area contributed by atoms with Crippen LogP contribution in [0.5, 0.6) is 11.5 Å². The lowest BCUT2D eigenvalue weighted by Crippen LogP contribution is -3.11. The maximum atomic E-state index is 6.73. The van der Waals surface area contributed by atoms with Gasteiger partial charge in [-0.3, -0.25) is 0 Å². The van der Waals surface area contributed by atoms with Crippen molar-refractivity contribution in [2.45, 2.75) is 38.0 Å². The average molecular weight is 378 g/mol. The number of hydrazone groups is 1. The second kappa shape index (κ2) is 6.52. The monoisotopic (exact) mass is 378 g/mol. The van der Waals surface area contributed by atoms with Crippen molar-refractivity contribution in [2.24, 2.45) is 5.10 Å². The maximum Gasteiger partial charge on any atom is 0.209 e. The minimum absolute atomic E-state index is 0.202. The number of para-hydroxylation sites is 1. The quantitative estimate of drug-likeness (QED) is 0.873. The van der Waals surface area contributed by atoms with Gasteiger partial charge in [-0.25, -0.2) is 5.01 Å². The average Bonchev–Trinajstić information content (AvgIpc) is 3.17. The van der Waals surface area contributed by atoms with Crippen molar-refractivity contribution in [1.82, 2.24) is 5.01 Å². The third-order valence-corrected chi connectivity index (χ3v) is 6.48. The van der Waals surface area contributed by atoms with E-state index in [-0.39, 0.29) is 11.8 Å². The molecule has 1 saturated heterocycles. The Bertz CT molecular complexity index is 914. The highest BCUT2D eigenvalue weighted by molar-refractivity contribution is 6.02. The van der Waals surface area contributed by atoms with Crippen LogP contribution in [0.25, 0.3) is 0 Å². The summed E-state index contributed by atoms with van der Waals surface area (Å²) in [6.07, 6.45) is 2.84. The molecule has 0 saturated carbocycles. The third-order valence-electron chi connectivity index (χ3n) is 6.48. The fourth-order valence-electron chi connectivity index (χ4n) is 4.75. The lowest BCUT2D eigenvalue weighted by atomic mass is 9.90. The number of rotatable bonds is 2. The highest BCUT2D eigenvalue weighted by Gasteiger charge is 2.53. The number of aryl methyl sites for hydroxylation is 1. The SMILES string of the molecule is COc1cccc2c1OC1(CC[NH+](C)CC1)N1N=C(c3ccc(C)cc3)C[C@@H]21. The van der Waals surface area contributed by atoms with Gasteiger partial charge >= 0.3 is 0 Å². The summed E-state index contributed by atoms with van der Waals surface area (Å²) < 4.78 is 12.4.